The molecule has 2 aromatic rings. The van der Waals surface area contributed by atoms with Crippen molar-refractivity contribution in [1.82, 2.24) is 0 Å². The van der Waals surface area contributed by atoms with Gasteiger partial charge in [0.15, 0.2) is 0 Å². The normalized spacial score (nSPS) is 9.85. The number of benzene rings is 2. The maximum Gasteiger partial charge on any atom is 0.346 e. The number of hydrogen-bond donors (Lipinski definition) is 6. The summed E-state index contributed by atoms with van der Waals surface area (Å²) in [5.74, 6) is -10.9. The van der Waals surface area contributed by atoms with Gasteiger partial charge in [0.2, 0.25) is 0 Å². The highest BCUT2D eigenvalue weighted by molar-refractivity contribution is 6.11. The lowest BCUT2D eigenvalue weighted by molar-refractivity contribution is -0.139. The Hall–Kier alpha value is -5.60. The average molecular weight is 548 g/mol. The van der Waals surface area contributed by atoms with E-state index < -0.39 is 81.1 Å². The number of carbonyl (C=O) groups is 8. The van der Waals surface area contributed by atoms with Crippen LogP contribution < -0.4 is 0 Å². The number of carbonyl (C=O) groups excluding carboxylic acids is 2. The van der Waals surface area contributed by atoms with Crippen LogP contribution >= 0.6 is 0 Å². The molecule has 2 rings (SSSR count). The number of aromatic carboxylic acids is 4. The summed E-state index contributed by atoms with van der Waals surface area (Å²) in [6, 6.07) is 4.87. The fraction of sp³-hybridized carbons (Fsp3) is 0.167. The Morgan fingerprint density at radius 2 is 0.821 bits per heavy atom. The minimum atomic E-state index is -1.66. The zero-order valence-electron chi connectivity index (χ0n) is 19.7. The van der Waals surface area contributed by atoms with Gasteiger partial charge in [-0.1, -0.05) is 0 Å². The second kappa shape index (κ2) is 14.2. The number of aliphatic carboxylic acids is 2. The minimum absolute atomic E-state index is 0.0628. The van der Waals surface area contributed by atoms with Crippen molar-refractivity contribution in [1.29, 1.82) is 0 Å². The molecule has 0 amide bonds. The van der Waals surface area contributed by atoms with E-state index in [4.69, 9.17) is 30.6 Å². The maximum absolute atomic E-state index is 12.2. The molecule has 0 spiro atoms. The zero-order chi connectivity index (χ0) is 29.9. The summed E-state index contributed by atoms with van der Waals surface area (Å²) in [6.07, 6.45) is 1.02. The summed E-state index contributed by atoms with van der Waals surface area (Å²) < 4.78 is 4.51. The third-order valence-corrected chi connectivity index (χ3v) is 4.65. The number of carboxylic acids is 6. The average Bonchev–Trinajstić information content (AvgIpc) is 2.85. The van der Waals surface area contributed by atoms with Crippen LogP contribution in [0, 0.1) is 0 Å². The number of rotatable bonds is 11. The molecule has 0 radical (unpaired) electrons. The lowest BCUT2D eigenvalue weighted by atomic mass is 10.0. The molecule has 0 aliphatic carbocycles. The Labute approximate surface area is 217 Å². The van der Waals surface area contributed by atoms with Gasteiger partial charge >= 0.3 is 47.8 Å². The number of esters is 2. The maximum atomic E-state index is 12.2. The van der Waals surface area contributed by atoms with Gasteiger partial charge in [-0.15, -0.1) is 0 Å². The molecule has 0 bridgehead atoms. The fourth-order valence-corrected chi connectivity index (χ4v) is 2.81. The van der Waals surface area contributed by atoms with Gasteiger partial charge in [-0.2, -0.15) is 0 Å². The SMILES string of the molecule is O=C(O)CCCCC(=O)O.O=C(O)c1ccc(C(=O)OC(=O)c2ccc(C(=O)O)cc2C(=O)O)c(C(=O)O)c1. The van der Waals surface area contributed by atoms with Crippen molar-refractivity contribution in [3.8, 4) is 0 Å². The zero-order valence-corrected chi connectivity index (χ0v) is 19.7. The number of unbranched alkanes of at least 4 members (excludes halogenated alkanes) is 1. The highest BCUT2D eigenvalue weighted by Gasteiger charge is 2.26. The van der Waals surface area contributed by atoms with Gasteiger partial charge in [0, 0.05) is 12.8 Å². The molecule has 0 heterocycles. The highest BCUT2D eigenvalue weighted by Crippen LogP contribution is 2.18. The predicted molar refractivity (Wildman–Crippen MR) is 124 cm³/mol. The van der Waals surface area contributed by atoms with E-state index in [-0.39, 0.29) is 12.8 Å². The number of carboxylic acid groups (broad SMARTS) is 6. The van der Waals surface area contributed by atoms with Gasteiger partial charge in [0.1, 0.15) is 0 Å². The first-order chi connectivity index (χ1) is 18.1. The second-order valence-electron chi connectivity index (χ2n) is 7.41. The summed E-state index contributed by atoms with van der Waals surface area (Å²) in [5, 5.41) is 52.4. The van der Waals surface area contributed by atoms with Crippen molar-refractivity contribution in [3.05, 3.63) is 69.8 Å². The van der Waals surface area contributed by atoms with Crippen LogP contribution in [0.15, 0.2) is 36.4 Å². The van der Waals surface area contributed by atoms with E-state index in [2.05, 4.69) is 4.74 Å². The predicted octanol–water partition coefficient (Wildman–Crippen LogP) is 2.19. The minimum Gasteiger partial charge on any atom is -0.481 e. The van der Waals surface area contributed by atoms with Gasteiger partial charge in [0.25, 0.3) is 0 Å². The molecule has 0 atom stereocenters. The quantitative estimate of drug-likeness (QED) is 0.133. The van der Waals surface area contributed by atoms with Crippen LogP contribution in [0.1, 0.15) is 87.8 Å². The van der Waals surface area contributed by atoms with Crippen LogP contribution in [-0.4, -0.2) is 78.4 Å². The van der Waals surface area contributed by atoms with Crippen LogP contribution in [0.2, 0.25) is 0 Å². The molecule has 206 valence electrons. The van der Waals surface area contributed by atoms with E-state index in [0.29, 0.717) is 25.0 Å². The van der Waals surface area contributed by atoms with Crippen molar-refractivity contribution < 1.29 is 73.7 Å². The lowest BCUT2D eigenvalue weighted by Crippen LogP contribution is -2.19. The molecule has 0 aliphatic heterocycles. The van der Waals surface area contributed by atoms with Crippen LogP contribution in [0.5, 0.6) is 0 Å². The van der Waals surface area contributed by atoms with Crippen molar-refractivity contribution in [2.24, 2.45) is 0 Å². The van der Waals surface area contributed by atoms with Gasteiger partial charge in [-0.3, -0.25) is 9.59 Å². The molecule has 0 saturated heterocycles. The molecule has 6 N–H and O–H groups in total. The van der Waals surface area contributed by atoms with Crippen LogP contribution in [0.4, 0.5) is 0 Å². The summed E-state index contributed by atoms with van der Waals surface area (Å²) >= 11 is 0. The molecule has 0 aromatic heterocycles. The second-order valence-corrected chi connectivity index (χ2v) is 7.41. The summed E-state index contributed by atoms with van der Waals surface area (Å²) in [5.41, 5.74) is -3.64. The Morgan fingerprint density at radius 1 is 0.487 bits per heavy atom. The molecule has 39 heavy (non-hydrogen) atoms. The van der Waals surface area contributed by atoms with Gasteiger partial charge < -0.3 is 35.4 Å². The smallest absolute Gasteiger partial charge is 0.346 e. The fourth-order valence-electron chi connectivity index (χ4n) is 2.81. The molecular formula is C24H20O15. The monoisotopic (exact) mass is 548 g/mol. The Kier molecular flexibility index (Phi) is 11.5. The van der Waals surface area contributed by atoms with Crippen LogP contribution in [-0.2, 0) is 14.3 Å². The molecule has 15 nitrogen and oxygen atoms in total. The summed E-state index contributed by atoms with van der Waals surface area (Å²) in [6.45, 7) is 0. The van der Waals surface area contributed by atoms with E-state index in [1.165, 1.54) is 0 Å². The van der Waals surface area contributed by atoms with E-state index >= 15 is 0 Å². The van der Waals surface area contributed by atoms with Crippen molar-refractivity contribution in [2.45, 2.75) is 25.7 Å². The first-order valence-corrected chi connectivity index (χ1v) is 10.6. The lowest BCUT2D eigenvalue weighted by Gasteiger charge is -2.09. The first kappa shape index (κ1) is 31.4. The number of hydrogen-bond acceptors (Lipinski definition) is 9. The highest BCUT2D eigenvalue weighted by atomic mass is 16.6. The Balaban J connectivity index is 0.000000646. The largest absolute Gasteiger partial charge is 0.481 e. The van der Waals surface area contributed by atoms with Gasteiger partial charge in [-0.05, 0) is 49.2 Å². The van der Waals surface area contributed by atoms with E-state index in [1.807, 2.05) is 0 Å². The molecule has 0 unspecified atom stereocenters. The van der Waals surface area contributed by atoms with Gasteiger partial charge in [0.05, 0.1) is 33.4 Å². The van der Waals surface area contributed by atoms with Crippen molar-refractivity contribution >= 4 is 47.8 Å². The third kappa shape index (κ3) is 9.76. The van der Waals surface area contributed by atoms with E-state index in [0.717, 1.165) is 24.3 Å². The summed E-state index contributed by atoms with van der Waals surface area (Å²) in [7, 11) is 0. The molecule has 0 fully saturated rings. The molecule has 0 aliphatic rings. The van der Waals surface area contributed by atoms with Gasteiger partial charge in [-0.25, -0.2) is 28.8 Å². The van der Waals surface area contributed by atoms with E-state index in [1.54, 1.807) is 0 Å². The topological polar surface area (TPSA) is 267 Å². The van der Waals surface area contributed by atoms with Crippen LogP contribution in [0.3, 0.4) is 0 Å². The van der Waals surface area contributed by atoms with Crippen molar-refractivity contribution in [2.75, 3.05) is 0 Å². The Morgan fingerprint density at radius 3 is 1.08 bits per heavy atom. The standard InChI is InChI=1S/C18H10O11.C6H10O4/c19-13(20)7-1-3-9(11(5-7)15(23)24)17(27)29-18(28)10-4-2-8(14(21)22)6-12(10)16(25)26;7-5(8)3-1-2-4-6(9)10/h1-6H,(H,19,20)(H,21,22)(H,23,24)(H,25,26);1-4H2,(H,7,8)(H,9,10). The molecular weight excluding hydrogens is 528 g/mol. The molecule has 2 aromatic carbocycles. The third-order valence-electron chi connectivity index (χ3n) is 4.65. The van der Waals surface area contributed by atoms with Crippen molar-refractivity contribution in [3.63, 3.8) is 0 Å². The van der Waals surface area contributed by atoms with Crippen LogP contribution in [0.25, 0.3) is 0 Å². The first-order valence-electron chi connectivity index (χ1n) is 10.6. The molecule has 0 saturated carbocycles. The molecule has 15 heteroatoms. The summed E-state index contributed by atoms with van der Waals surface area (Å²) in [4.78, 5) is 88.6. The Bertz CT molecular complexity index is 1240. The van der Waals surface area contributed by atoms with E-state index in [9.17, 15) is 38.4 Å². The number of ether oxygens (including phenoxy) is 1.